The van der Waals surface area contributed by atoms with E-state index in [-0.39, 0.29) is 17.7 Å². The summed E-state index contributed by atoms with van der Waals surface area (Å²) >= 11 is 0. The predicted molar refractivity (Wildman–Crippen MR) is 88.7 cm³/mol. The molecule has 5 heteroatoms. The molecule has 0 amide bonds. The molecule has 1 atom stereocenters. The van der Waals surface area contributed by atoms with Gasteiger partial charge in [0, 0.05) is 22.9 Å². The Hall–Kier alpha value is -2.95. The summed E-state index contributed by atoms with van der Waals surface area (Å²) in [5.74, 6) is 0.0760. The van der Waals surface area contributed by atoms with E-state index in [1.54, 1.807) is 12.1 Å². The van der Waals surface area contributed by atoms with E-state index in [4.69, 9.17) is 0 Å². The highest BCUT2D eigenvalue weighted by Gasteiger charge is 2.28. The Morgan fingerprint density at radius 3 is 2.65 bits per heavy atom. The summed E-state index contributed by atoms with van der Waals surface area (Å²) in [4.78, 5) is 0. The number of anilines is 1. The molecule has 0 fully saturated rings. The van der Waals surface area contributed by atoms with Crippen LogP contribution in [0.5, 0.6) is 11.5 Å². The van der Waals surface area contributed by atoms with Gasteiger partial charge in [-0.15, -0.1) is 0 Å². The number of benzene rings is 2. The molecule has 2 heterocycles. The number of fused-ring (bicyclic) bond motifs is 3. The van der Waals surface area contributed by atoms with Crippen molar-refractivity contribution < 1.29 is 10.2 Å². The molecule has 1 aliphatic rings. The van der Waals surface area contributed by atoms with Gasteiger partial charge in [0.05, 0.1) is 11.4 Å². The second kappa shape index (κ2) is 4.78. The molecule has 2 aromatic carbocycles. The molecular weight excluding hydrogens is 290 g/mol. The van der Waals surface area contributed by atoms with Crippen LogP contribution in [0.3, 0.4) is 0 Å². The van der Waals surface area contributed by atoms with E-state index in [0.29, 0.717) is 5.56 Å². The lowest BCUT2D eigenvalue weighted by Crippen LogP contribution is -2.25. The third kappa shape index (κ3) is 2.12. The topological polar surface area (TPSA) is 70.3 Å². The van der Waals surface area contributed by atoms with Gasteiger partial charge in [-0.3, -0.25) is 0 Å². The molecule has 0 spiro atoms. The maximum Gasteiger partial charge on any atom is 0.150 e. The lowest BCUT2D eigenvalue weighted by atomic mass is 10.0. The zero-order valence-corrected chi connectivity index (χ0v) is 12.9. The Kier molecular flexibility index (Phi) is 2.84. The van der Waals surface area contributed by atoms with Crippen molar-refractivity contribution in [3.05, 3.63) is 59.3 Å². The van der Waals surface area contributed by atoms with Gasteiger partial charge >= 0.3 is 0 Å². The van der Waals surface area contributed by atoms with Crippen molar-refractivity contribution in [2.24, 2.45) is 0 Å². The minimum atomic E-state index is -0.325. The smallest absolute Gasteiger partial charge is 0.150 e. The standard InChI is InChI=1S/C18H17N3O2/c1-10-3-6-15-14(7-10)16-8-11(2)20-21(16)18(19-15)13-5-4-12(22)9-17(13)23/h3-9,18-19,22-23H,1-2H3/t18-/m1/s1. The molecule has 3 aromatic rings. The van der Waals surface area contributed by atoms with Crippen LogP contribution in [0, 0.1) is 13.8 Å². The molecule has 23 heavy (non-hydrogen) atoms. The number of aromatic nitrogens is 2. The maximum atomic E-state index is 10.2. The molecule has 0 unspecified atom stereocenters. The molecule has 0 bridgehead atoms. The Morgan fingerprint density at radius 1 is 1.04 bits per heavy atom. The molecule has 0 saturated heterocycles. The number of hydrogen-bond donors (Lipinski definition) is 3. The summed E-state index contributed by atoms with van der Waals surface area (Å²) in [5.41, 5.74) is 5.87. The van der Waals surface area contributed by atoms with Crippen LogP contribution >= 0.6 is 0 Å². The van der Waals surface area contributed by atoms with Crippen molar-refractivity contribution in [2.45, 2.75) is 20.0 Å². The second-order valence-electron chi connectivity index (χ2n) is 5.95. The number of nitrogens with one attached hydrogen (secondary N) is 1. The summed E-state index contributed by atoms with van der Waals surface area (Å²) in [7, 11) is 0. The largest absolute Gasteiger partial charge is 0.508 e. The van der Waals surface area contributed by atoms with Gasteiger partial charge < -0.3 is 15.5 Å². The van der Waals surface area contributed by atoms with Gasteiger partial charge in [0.2, 0.25) is 0 Å². The number of rotatable bonds is 1. The summed E-state index contributed by atoms with van der Waals surface area (Å²) in [6.07, 6.45) is -0.325. The minimum Gasteiger partial charge on any atom is -0.508 e. The van der Waals surface area contributed by atoms with Crippen LogP contribution in [0.1, 0.15) is 23.0 Å². The van der Waals surface area contributed by atoms with E-state index in [2.05, 4.69) is 29.5 Å². The predicted octanol–water partition coefficient (Wildman–Crippen LogP) is 3.55. The van der Waals surface area contributed by atoms with E-state index >= 15 is 0 Å². The Labute approximate surface area is 133 Å². The van der Waals surface area contributed by atoms with Crippen molar-refractivity contribution in [3.8, 4) is 22.8 Å². The van der Waals surface area contributed by atoms with Crippen LogP contribution in [-0.2, 0) is 0 Å². The quantitative estimate of drug-likeness (QED) is 0.643. The number of phenolic OH excluding ortho intramolecular Hbond substituents is 2. The van der Waals surface area contributed by atoms with E-state index < -0.39 is 0 Å². The van der Waals surface area contributed by atoms with Gasteiger partial charge in [-0.2, -0.15) is 5.10 Å². The van der Waals surface area contributed by atoms with Crippen molar-refractivity contribution in [1.82, 2.24) is 9.78 Å². The molecule has 116 valence electrons. The molecule has 0 aliphatic carbocycles. The summed E-state index contributed by atoms with van der Waals surface area (Å²) < 4.78 is 1.88. The van der Waals surface area contributed by atoms with Crippen LogP contribution in [-0.4, -0.2) is 20.0 Å². The van der Waals surface area contributed by atoms with E-state index in [9.17, 15) is 10.2 Å². The average Bonchev–Trinajstić information content (AvgIpc) is 2.89. The average molecular weight is 307 g/mol. The van der Waals surface area contributed by atoms with E-state index in [0.717, 1.165) is 22.6 Å². The van der Waals surface area contributed by atoms with Crippen LogP contribution in [0.4, 0.5) is 5.69 Å². The van der Waals surface area contributed by atoms with Gasteiger partial charge in [0.1, 0.15) is 11.5 Å². The molecule has 0 radical (unpaired) electrons. The van der Waals surface area contributed by atoms with E-state index in [1.807, 2.05) is 23.7 Å². The number of aryl methyl sites for hydroxylation is 2. The summed E-state index contributed by atoms with van der Waals surface area (Å²) in [6, 6.07) is 12.9. The monoisotopic (exact) mass is 307 g/mol. The maximum absolute atomic E-state index is 10.2. The normalized spacial score (nSPS) is 15.7. The molecule has 1 aromatic heterocycles. The third-order valence-electron chi connectivity index (χ3n) is 4.15. The summed E-state index contributed by atoms with van der Waals surface area (Å²) in [6.45, 7) is 4.01. The molecule has 4 rings (SSSR count). The highest BCUT2D eigenvalue weighted by molar-refractivity contribution is 5.79. The fourth-order valence-corrected chi connectivity index (χ4v) is 3.09. The van der Waals surface area contributed by atoms with Crippen molar-refractivity contribution in [1.29, 1.82) is 0 Å². The second-order valence-corrected chi connectivity index (χ2v) is 5.95. The molecule has 1 aliphatic heterocycles. The Balaban J connectivity index is 1.92. The number of nitrogens with zero attached hydrogens (tertiary/aromatic N) is 2. The highest BCUT2D eigenvalue weighted by Crippen LogP contribution is 2.41. The van der Waals surface area contributed by atoms with Crippen molar-refractivity contribution >= 4 is 5.69 Å². The van der Waals surface area contributed by atoms with Gasteiger partial charge in [-0.1, -0.05) is 11.6 Å². The van der Waals surface area contributed by atoms with Crippen LogP contribution in [0.15, 0.2) is 42.5 Å². The lowest BCUT2D eigenvalue weighted by molar-refractivity contribution is 0.436. The van der Waals surface area contributed by atoms with Crippen molar-refractivity contribution in [2.75, 3.05) is 5.32 Å². The van der Waals surface area contributed by atoms with Crippen LogP contribution < -0.4 is 5.32 Å². The fourth-order valence-electron chi connectivity index (χ4n) is 3.09. The zero-order valence-electron chi connectivity index (χ0n) is 12.9. The first kappa shape index (κ1) is 13.7. The molecule has 5 nitrogen and oxygen atoms in total. The highest BCUT2D eigenvalue weighted by atomic mass is 16.3. The first-order valence-electron chi connectivity index (χ1n) is 7.48. The van der Waals surface area contributed by atoms with Gasteiger partial charge in [0.15, 0.2) is 6.17 Å². The Bertz CT molecular complexity index is 915. The molecule has 0 saturated carbocycles. The van der Waals surface area contributed by atoms with E-state index in [1.165, 1.54) is 11.6 Å². The number of aromatic hydroxyl groups is 2. The third-order valence-corrected chi connectivity index (χ3v) is 4.15. The fraction of sp³-hybridized carbons (Fsp3) is 0.167. The van der Waals surface area contributed by atoms with Gasteiger partial charge in [-0.25, -0.2) is 4.68 Å². The number of phenols is 2. The number of hydrogen-bond acceptors (Lipinski definition) is 4. The zero-order chi connectivity index (χ0) is 16.1. The lowest BCUT2D eigenvalue weighted by Gasteiger charge is -2.29. The first-order valence-corrected chi connectivity index (χ1v) is 7.48. The van der Waals surface area contributed by atoms with Gasteiger partial charge in [0.25, 0.3) is 0 Å². The van der Waals surface area contributed by atoms with Crippen molar-refractivity contribution in [3.63, 3.8) is 0 Å². The molecular formula is C18H17N3O2. The SMILES string of the molecule is Cc1ccc2c(c1)-c1cc(C)nn1[C@H](c1ccc(O)cc1O)N2. The van der Waals surface area contributed by atoms with Crippen LogP contribution in [0.25, 0.3) is 11.3 Å². The Morgan fingerprint density at radius 2 is 1.87 bits per heavy atom. The first-order chi connectivity index (χ1) is 11.0. The molecule has 3 N–H and O–H groups in total. The van der Waals surface area contributed by atoms with Gasteiger partial charge in [-0.05, 0) is 44.2 Å². The minimum absolute atomic E-state index is 0.0370. The van der Waals surface area contributed by atoms with Crippen LogP contribution in [0.2, 0.25) is 0 Å². The summed E-state index contributed by atoms with van der Waals surface area (Å²) in [5, 5.41) is 27.8.